The second-order valence-corrected chi connectivity index (χ2v) is 7.47. The Morgan fingerprint density at radius 1 is 1.32 bits per heavy atom. The van der Waals surface area contributed by atoms with Gasteiger partial charge in [0.2, 0.25) is 5.91 Å². The third kappa shape index (κ3) is 5.71. The van der Waals surface area contributed by atoms with E-state index in [1.807, 2.05) is 62.4 Å². The van der Waals surface area contributed by atoms with E-state index >= 15 is 0 Å². The second-order valence-electron chi connectivity index (χ2n) is 7.04. The Morgan fingerprint density at radius 3 is 2.86 bits per heavy atom. The molecule has 2 aromatic rings. The Bertz CT molecular complexity index is 782. The predicted molar refractivity (Wildman–Crippen MR) is 111 cm³/mol. The monoisotopic (exact) mass is 402 g/mol. The lowest BCUT2D eigenvalue weighted by atomic mass is 10.1. The van der Waals surface area contributed by atoms with E-state index in [9.17, 15) is 4.79 Å². The maximum Gasteiger partial charge on any atom is 0.237 e. The fourth-order valence-electron chi connectivity index (χ4n) is 3.26. The highest BCUT2D eigenvalue weighted by atomic mass is 35.5. The molecular weight excluding hydrogens is 376 g/mol. The molecule has 1 aliphatic heterocycles. The number of nitrogens with zero attached hydrogens (tertiary/aromatic N) is 1. The molecule has 28 heavy (non-hydrogen) atoms. The lowest BCUT2D eigenvalue weighted by molar-refractivity contribution is -0.129. The molecular formula is C22H27ClN2O3. The van der Waals surface area contributed by atoms with Crippen LogP contribution in [0.4, 0.5) is 0 Å². The van der Waals surface area contributed by atoms with Crippen LogP contribution in [0.15, 0.2) is 48.5 Å². The summed E-state index contributed by atoms with van der Waals surface area (Å²) in [6.45, 7) is 6.88. The van der Waals surface area contributed by atoms with Gasteiger partial charge in [-0.05, 0) is 49.2 Å². The molecule has 1 fully saturated rings. The first-order valence-electron chi connectivity index (χ1n) is 9.61. The van der Waals surface area contributed by atoms with Gasteiger partial charge in [0.15, 0.2) is 0 Å². The van der Waals surface area contributed by atoms with Crippen LogP contribution in [0.3, 0.4) is 0 Å². The molecule has 1 amide bonds. The molecule has 0 spiro atoms. The first-order valence-corrected chi connectivity index (χ1v) is 9.99. The predicted octanol–water partition coefficient (Wildman–Crippen LogP) is 3.61. The van der Waals surface area contributed by atoms with Crippen LogP contribution in [0, 0.1) is 6.92 Å². The fraction of sp³-hybridized carbons (Fsp3) is 0.409. The molecule has 0 saturated carbocycles. The third-order valence-corrected chi connectivity index (χ3v) is 5.18. The van der Waals surface area contributed by atoms with Gasteiger partial charge in [-0.25, -0.2) is 0 Å². The van der Waals surface area contributed by atoms with E-state index < -0.39 is 0 Å². The highest BCUT2D eigenvalue weighted by Crippen LogP contribution is 2.24. The minimum absolute atomic E-state index is 0.00426. The molecule has 1 saturated heterocycles. The second kappa shape index (κ2) is 9.92. The van der Waals surface area contributed by atoms with E-state index in [0.717, 1.165) is 23.4 Å². The van der Waals surface area contributed by atoms with Gasteiger partial charge in [-0.15, -0.1) is 0 Å². The lowest BCUT2D eigenvalue weighted by Crippen LogP contribution is -2.50. The largest absolute Gasteiger partial charge is 0.492 e. The van der Waals surface area contributed by atoms with Crippen molar-refractivity contribution in [2.45, 2.75) is 26.0 Å². The lowest BCUT2D eigenvalue weighted by Gasteiger charge is -2.36. The summed E-state index contributed by atoms with van der Waals surface area (Å²) in [7, 11) is 0. The number of halogens is 1. The summed E-state index contributed by atoms with van der Waals surface area (Å²) in [5.74, 6) is 0.825. The number of ether oxygens (including phenoxy) is 2. The molecule has 0 unspecified atom stereocenters. The molecule has 0 aromatic heterocycles. The zero-order valence-electron chi connectivity index (χ0n) is 16.4. The first-order chi connectivity index (χ1) is 13.5. The van der Waals surface area contributed by atoms with E-state index in [4.69, 9.17) is 21.1 Å². The zero-order valence-corrected chi connectivity index (χ0v) is 17.1. The molecule has 1 heterocycles. The number of rotatable bonds is 7. The van der Waals surface area contributed by atoms with Crippen LogP contribution in [0.1, 0.15) is 24.2 Å². The first kappa shape index (κ1) is 20.6. The maximum absolute atomic E-state index is 12.5. The zero-order chi connectivity index (χ0) is 19.9. The molecule has 3 rings (SSSR count). The molecule has 1 aliphatic rings. The van der Waals surface area contributed by atoms with Gasteiger partial charge in [-0.1, -0.05) is 35.9 Å². The highest BCUT2D eigenvalue weighted by molar-refractivity contribution is 6.30. The summed E-state index contributed by atoms with van der Waals surface area (Å²) in [4.78, 5) is 14.7. The Hall–Kier alpha value is -2.08. The van der Waals surface area contributed by atoms with Gasteiger partial charge in [-0.3, -0.25) is 9.69 Å². The van der Waals surface area contributed by atoms with Crippen molar-refractivity contribution in [3.63, 3.8) is 0 Å². The van der Waals surface area contributed by atoms with E-state index in [-0.39, 0.29) is 18.1 Å². The maximum atomic E-state index is 12.5. The number of benzene rings is 2. The minimum Gasteiger partial charge on any atom is -0.492 e. The van der Waals surface area contributed by atoms with Crippen LogP contribution >= 0.6 is 11.6 Å². The molecule has 1 N–H and O–H groups in total. The Morgan fingerprint density at radius 2 is 2.11 bits per heavy atom. The number of amides is 1. The van der Waals surface area contributed by atoms with Crippen LogP contribution in [0.2, 0.25) is 5.02 Å². The SMILES string of the molecule is Cc1cccc(OCCNC(=O)[C@H](C)N2CCO[C@@H](c3ccc(Cl)cc3)C2)c1. The number of hydrogen-bond acceptors (Lipinski definition) is 4. The normalized spacial score (nSPS) is 18.5. The Kier molecular flexibility index (Phi) is 7.31. The molecule has 2 atom stereocenters. The van der Waals surface area contributed by atoms with Crippen molar-refractivity contribution >= 4 is 17.5 Å². The molecule has 150 valence electrons. The molecule has 5 nitrogen and oxygen atoms in total. The van der Waals surface area contributed by atoms with Crippen molar-refractivity contribution in [2.24, 2.45) is 0 Å². The van der Waals surface area contributed by atoms with Gasteiger partial charge < -0.3 is 14.8 Å². The van der Waals surface area contributed by atoms with Crippen molar-refractivity contribution in [3.8, 4) is 5.75 Å². The van der Waals surface area contributed by atoms with Crippen molar-refractivity contribution in [3.05, 3.63) is 64.7 Å². The van der Waals surface area contributed by atoms with Crippen LogP contribution in [0.5, 0.6) is 5.75 Å². The quantitative estimate of drug-likeness (QED) is 0.719. The number of morpholine rings is 1. The standard InChI is InChI=1S/C22H27ClN2O3/c1-16-4-3-5-20(14-16)27-12-10-24-22(26)17(2)25-11-13-28-21(15-25)18-6-8-19(23)9-7-18/h3-9,14,17,21H,10-13,15H2,1-2H3,(H,24,26)/t17-,21+/m0/s1. The van der Waals surface area contributed by atoms with Crippen LogP contribution in [-0.2, 0) is 9.53 Å². The van der Waals surface area contributed by atoms with Crippen molar-refractivity contribution in [1.29, 1.82) is 0 Å². The van der Waals surface area contributed by atoms with Crippen molar-refractivity contribution in [1.82, 2.24) is 10.2 Å². The number of carbonyl (C=O) groups excluding carboxylic acids is 1. The van der Waals surface area contributed by atoms with Gasteiger partial charge in [0, 0.05) is 18.1 Å². The molecule has 6 heteroatoms. The Labute approximate surface area is 171 Å². The molecule has 0 aliphatic carbocycles. The average molecular weight is 403 g/mol. The van der Waals surface area contributed by atoms with Crippen LogP contribution in [-0.4, -0.2) is 49.7 Å². The molecule has 2 aromatic carbocycles. The van der Waals surface area contributed by atoms with Gasteiger partial charge in [-0.2, -0.15) is 0 Å². The molecule has 0 bridgehead atoms. The Balaban J connectivity index is 1.45. The topological polar surface area (TPSA) is 50.8 Å². The summed E-state index contributed by atoms with van der Waals surface area (Å²) >= 11 is 5.96. The smallest absolute Gasteiger partial charge is 0.237 e. The number of carbonyl (C=O) groups is 1. The van der Waals surface area contributed by atoms with Crippen LogP contribution in [0.25, 0.3) is 0 Å². The van der Waals surface area contributed by atoms with E-state index in [2.05, 4.69) is 10.2 Å². The summed E-state index contributed by atoms with van der Waals surface area (Å²) in [5.41, 5.74) is 2.23. The summed E-state index contributed by atoms with van der Waals surface area (Å²) < 4.78 is 11.6. The summed E-state index contributed by atoms with van der Waals surface area (Å²) in [6.07, 6.45) is -0.0501. The summed E-state index contributed by atoms with van der Waals surface area (Å²) in [6, 6.07) is 15.3. The number of nitrogens with one attached hydrogen (secondary N) is 1. The molecule has 0 radical (unpaired) electrons. The van der Waals surface area contributed by atoms with Crippen molar-refractivity contribution < 1.29 is 14.3 Å². The number of hydrogen-bond donors (Lipinski definition) is 1. The average Bonchev–Trinajstić information content (AvgIpc) is 2.71. The van der Waals surface area contributed by atoms with Gasteiger partial charge in [0.1, 0.15) is 12.4 Å². The summed E-state index contributed by atoms with van der Waals surface area (Å²) in [5, 5.41) is 3.67. The van der Waals surface area contributed by atoms with E-state index in [0.29, 0.717) is 31.3 Å². The van der Waals surface area contributed by atoms with E-state index in [1.54, 1.807) is 0 Å². The van der Waals surface area contributed by atoms with E-state index in [1.165, 1.54) is 0 Å². The highest BCUT2D eigenvalue weighted by Gasteiger charge is 2.28. The van der Waals surface area contributed by atoms with Gasteiger partial charge in [0.05, 0.1) is 25.3 Å². The number of aryl methyl sites for hydroxylation is 1. The fourth-order valence-corrected chi connectivity index (χ4v) is 3.39. The van der Waals surface area contributed by atoms with Crippen LogP contribution < -0.4 is 10.1 Å². The van der Waals surface area contributed by atoms with Crippen molar-refractivity contribution in [2.75, 3.05) is 32.8 Å². The third-order valence-electron chi connectivity index (χ3n) is 4.93. The van der Waals surface area contributed by atoms with Gasteiger partial charge in [0.25, 0.3) is 0 Å². The van der Waals surface area contributed by atoms with Gasteiger partial charge >= 0.3 is 0 Å². The minimum atomic E-state index is -0.224.